The Morgan fingerprint density at radius 2 is 1.90 bits per heavy atom. The van der Waals surface area contributed by atoms with Crippen LogP contribution in [0, 0.1) is 5.92 Å². The maximum Gasteiger partial charge on any atom is 0.336 e. The predicted molar refractivity (Wildman–Crippen MR) is 117 cm³/mol. The first-order valence-corrected chi connectivity index (χ1v) is 12.2. The first-order chi connectivity index (χ1) is 14.6. The summed E-state index contributed by atoms with van der Waals surface area (Å²) in [5, 5.41) is 10.8. The number of anilines is 1. The molecule has 1 N–H and O–H groups in total. The van der Waals surface area contributed by atoms with Crippen molar-refractivity contribution < 1.29 is 23.5 Å². The summed E-state index contributed by atoms with van der Waals surface area (Å²) in [6.07, 6.45) is 4.04. The lowest BCUT2D eigenvalue weighted by Gasteiger charge is -2.35. The molecule has 1 saturated heterocycles. The Kier molecular flexibility index (Phi) is 8.06. The highest BCUT2D eigenvalue weighted by Crippen LogP contribution is 2.55. The number of nitrogens with zero attached hydrogens (tertiary/aromatic N) is 3. The number of hydrogen-bond donors (Lipinski definition) is 1. The van der Waals surface area contributed by atoms with Gasteiger partial charge in [0.15, 0.2) is 0 Å². The number of aliphatic hydroxyl groups excluding tert-OH is 1. The molecule has 1 aromatic carbocycles. The van der Waals surface area contributed by atoms with E-state index in [9.17, 15) is 9.67 Å². The van der Waals surface area contributed by atoms with Gasteiger partial charge in [0.05, 0.1) is 32.6 Å². The van der Waals surface area contributed by atoms with E-state index in [4.69, 9.17) is 13.8 Å². The molecule has 1 unspecified atom stereocenters. The van der Waals surface area contributed by atoms with Crippen LogP contribution < -0.4 is 9.64 Å². The van der Waals surface area contributed by atoms with Crippen molar-refractivity contribution in [3.05, 3.63) is 24.5 Å². The normalized spacial score (nSPS) is 16.7. The smallest absolute Gasteiger partial charge is 0.336 e. The lowest BCUT2D eigenvalue weighted by molar-refractivity contribution is 0.183. The molecule has 30 heavy (non-hydrogen) atoms. The summed E-state index contributed by atoms with van der Waals surface area (Å²) in [6.45, 7) is 5.65. The maximum absolute atomic E-state index is 13.1. The number of methoxy groups -OCH3 is 1. The number of aromatic nitrogens is 2. The molecule has 0 radical (unpaired) electrons. The molecule has 0 aliphatic carbocycles. The van der Waals surface area contributed by atoms with Gasteiger partial charge in [0.25, 0.3) is 0 Å². The summed E-state index contributed by atoms with van der Waals surface area (Å²) >= 11 is 0. The van der Waals surface area contributed by atoms with E-state index >= 15 is 0 Å². The number of para-hydroxylation sites is 1. The van der Waals surface area contributed by atoms with Crippen LogP contribution in [-0.4, -0.2) is 60.8 Å². The fourth-order valence-electron chi connectivity index (χ4n) is 4.14. The van der Waals surface area contributed by atoms with Gasteiger partial charge in [-0.05, 0) is 51.2 Å². The third-order valence-corrected chi connectivity index (χ3v) is 8.13. The van der Waals surface area contributed by atoms with Gasteiger partial charge in [0.1, 0.15) is 23.4 Å². The number of rotatable bonds is 10. The highest BCUT2D eigenvalue weighted by atomic mass is 31.2. The lowest BCUT2D eigenvalue weighted by atomic mass is 9.92. The molecule has 0 saturated carbocycles. The Morgan fingerprint density at radius 3 is 2.50 bits per heavy atom. The minimum Gasteiger partial charge on any atom is -0.494 e. The third-order valence-electron chi connectivity index (χ3n) is 5.62. The topological polar surface area (TPSA) is 94.0 Å². The molecule has 8 nitrogen and oxygen atoms in total. The van der Waals surface area contributed by atoms with Crippen molar-refractivity contribution in [3.63, 3.8) is 0 Å². The quantitative estimate of drug-likeness (QED) is 0.560. The molecule has 1 aliphatic rings. The molecule has 166 valence electrons. The zero-order valence-corrected chi connectivity index (χ0v) is 18.9. The zero-order chi connectivity index (χ0) is 21.6. The Hall–Kier alpha value is -1.73. The van der Waals surface area contributed by atoms with E-state index in [2.05, 4.69) is 14.9 Å². The SMILES string of the molecule is CCOP(=O)(OCC)C(CO)CC1CCN(c2ncnc3c(OC)cccc23)CC1. The Balaban J connectivity index is 1.69. The van der Waals surface area contributed by atoms with E-state index in [1.54, 1.807) is 27.3 Å². The van der Waals surface area contributed by atoms with E-state index in [0.29, 0.717) is 25.6 Å². The molecule has 1 aliphatic heterocycles. The highest BCUT2D eigenvalue weighted by Gasteiger charge is 2.37. The minimum absolute atomic E-state index is 0.201. The predicted octanol–water partition coefficient (Wildman–Crippen LogP) is 3.87. The third kappa shape index (κ3) is 4.94. The summed E-state index contributed by atoms with van der Waals surface area (Å²) in [6, 6.07) is 5.86. The number of hydrogen-bond acceptors (Lipinski definition) is 8. The average Bonchev–Trinajstić information content (AvgIpc) is 2.77. The summed E-state index contributed by atoms with van der Waals surface area (Å²) in [4.78, 5) is 11.2. The van der Waals surface area contributed by atoms with Crippen molar-refractivity contribution >= 4 is 24.3 Å². The molecule has 1 fully saturated rings. The standard InChI is InChI=1S/C21H32N3O5P/c1-4-28-30(26,29-5-2)17(14-25)13-16-9-11-24(12-10-16)21-18-7-6-8-19(27-3)20(18)22-15-23-21/h6-8,15-17,25H,4-5,9-14H2,1-3H3. The van der Waals surface area contributed by atoms with Gasteiger partial charge in [-0.3, -0.25) is 4.57 Å². The summed E-state index contributed by atoms with van der Waals surface area (Å²) in [7, 11) is -1.67. The monoisotopic (exact) mass is 437 g/mol. The second-order valence-corrected chi connectivity index (χ2v) is 9.76. The zero-order valence-electron chi connectivity index (χ0n) is 18.0. The molecule has 0 bridgehead atoms. The molecule has 0 amide bonds. The number of piperidine rings is 1. The van der Waals surface area contributed by atoms with Crippen molar-refractivity contribution in [1.82, 2.24) is 9.97 Å². The van der Waals surface area contributed by atoms with Gasteiger partial charge in [0.2, 0.25) is 0 Å². The van der Waals surface area contributed by atoms with Crippen LogP contribution in [0.4, 0.5) is 5.82 Å². The van der Waals surface area contributed by atoms with E-state index < -0.39 is 13.3 Å². The van der Waals surface area contributed by atoms with Crippen LogP contribution in [-0.2, 0) is 13.6 Å². The van der Waals surface area contributed by atoms with E-state index in [0.717, 1.165) is 48.4 Å². The van der Waals surface area contributed by atoms with Crippen LogP contribution in [0.3, 0.4) is 0 Å². The Labute approximate surface area is 178 Å². The molecule has 1 aromatic heterocycles. The van der Waals surface area contributed by atoms with Gasteiger partial charge in [-0.15, -0.1) is 0 Å². The van der Waals surface area contributed by atoms with Crippen LogP contribution in [0.15, 0.2) is 24.5 Å². The van der Waals surface area contributed by atoms with Crippen LogP contribution in [0.1, 0.15) is 33.1 Å². The molecule has 9 heteroatoms. The number of benzene rings is 1. The van der Waals surface area contributed by atoms with Gasteiger partial charge in [-0.1, -0.05) is 6.07 Å². The Morgan fingerprint density at radius 1 is 1.20 bits per heavy atom. The molecular formula is C21H32N3O5P. The second kappa shape index (κ2) is 10.5. The largest absolute Gasteiger partial charge is 0.494 e. The number of aliphatic hydroxyl groups is 1. The van der Waals surface area contributed by atoms with Crippen LogP contribution in [0.2, 0.25) is 0 Å². The first-order valence-electron chi connectivity index (χ1n) is 10.6. The van der Waals surface area contributed by atoms with Crippen molar-refractivity contribution in [3.8, 4) is 5.75 Å². The average molecular weight is 437 g/mol. The summed E-state index contributed by atoms with van der Waals surface area (Å²) < 4.78 is 29.4. The van der Waals surface area contributed by atoms with E-state index in [-0.39, 0.29) is 6.61 Å². The molecule has 2 heterocycles. The van der Waals surface area contributed by atoms with Crippen LogP contribution >= 0.6 is 7.60 Å². The lowest BCUT2D eigenvalue weighted by Crippen LogP contribution is -2.36. The first kappa shape index (κ1) is 22.9. The molecule has 1 atom stereocenters. The van der Waals surface area contributed by atoms with Gasteiger partial charge in [-0.25, -0.2) is 9.97 Å². The van der Waals surface area contributed by atoms with E-state index in [1.165, 1.54) is 0 Å². The van der Waals surface area contributed by atoms with Crippen molar-refractivity contribution in [1.29, 1.82) is 0 Å². The molecule has 0 spiro atoms. The summed E-state index contributed by atoms with van der Waals surface area (Å²) in [5.41, 5.74) is 0.319. The van der Waals surface area contributed by atoms with E-state index in [1.807, 2.05) is 18.2 Å². The highest BCUT2D eigenvalue weighted by molar-refractivity contribution is 7.54. The Bertz CT molecular complexity index is 863. The molecular weight excluding hydrogens is 405 g/mol. The van der Waals surface area contributed by atoms with Crippen LogP contribution in [0.25, 0.3) is 10.9 Å². The van der Waals surface area contributed by atoms with Gasteiger partial charge >= 0.3 is 7.60 Å². The van der Waals surface area contributed by atoms with Crippen molar-refractivity contribution in [2.24, 2.45) is 5.92 Å². The molecule has 3 rings (SSSR count). The fraction of sp³-hybridized carbons (Fsp3) is 0.619. The molecule has 2 aromatic rings. The van der Waals surface area contributed by atoms with Gasteiger partial charge in [-0.2, -0.15) is 0 Å². The second-order valence-electron chi connectivity index (χ2n) is 7.43. The minimum atomic E-state index is -3.31. The summed E-state index contributed by atoms with van der Waals surface area (Å²) in [5.74, 6) is 1.99. The fourth-order valence-corrected chi connectivity index (χ4v) is 6.11. The number of fused-ring (bicyclic) bond motifs is 1. The number of ether oxygens (including phenoxy) is 1. The van der Waals surface area contributed by atoms with Crippen LogP contribution in [0.5, 0.6) is 5.75 Å². The van der Waals surface area contributed by atoms with Crippen molar-refractivity contribution in [2.75, 3.05) is 44.9 Å². The maximum atomic E-state index is 13.1. The van der Waals surface area contributed by atoms with Gasteiger partial charge < -0.3 is 23.8 Å². The van der Waals surface area contributed by atoms with Crippen molar-refractivity contribution in [2.45, 2.75) is 38.8 Å². The van der Waals surface area contributed by atoms with Gasteiger partial charge in [0, 0.05) is 18.5 Å².